The van der Waals surface area contributed by atoms with E-state index in [0.29, 0.717) is 46.5 Å². The highest BCUT2D eigenvalue weighted by Crippen LogP contribution is 2.39. The maximum Gasteiger partial charge on any atom is 0.293 e. The highest BCUT2D eigenvalue weighted by molar-refractivity contribution is 5.73. The van der Waals surface area contributed by atoms with Crippen molar-refractivity contribution in [2.24, 2.45) is 0 Å². The van der Waals surface area contributed by atoms with Crippen LogP contribution in [0.25, 0.3) is 0 Å². The minimum absolute atomic E-state index is 0.0717. The van der Waals surface area contributed by atoms with E-state index in [1.54, 1.807) is 42.5 Å². The van der Waals surface area contributed by atoms with Gasteiger partial charge < -0.3 is 15.4 Å². The average molecular weight is 454 g/mol. The third-order valence-electron chi connectivity index (χ3n) is 5.63. The molecule has 1 aliphatic rings. The molecule has 3 aromatic rings. The lowest BCUT2D eigenvalue weighted by Crippen LogP contribution is -2.16. The topological polar surface area (TPSA) is 124 Å². The molecule has 34 heavy (non-hydrogen) atoms. The van der Waals surface area contributed by atoms with Crippen molar-refractivity contribution >= 4 is 17.1 Å². The van der Waals surface area contributed by atoms with Crippen molar-refractivity contribution in [3.63, 3.8) is 0 Å². The first kappa shape index (κ1) is 22.8. The summed E-state index contributed by atoms with van der Waals surface area (Å²) in [4.78, 5) is 11.5. The van der Waals surface area contributed by atoms with Gasteiger partial charge in [0, 0.05) is 36.0 Å². The van der Waals surface area contributed by atoms with Gasteiger partial charge in [0.15, 0.2) is 0 Å². The van der Waals surface area contributed by atoms with Crippen molar-refractivity contribution in [1.29, 1.82) is 10.5 Å². The zero-order valence-electron chi connectivity index (χ0n) is 18.9. The van der Waals surface area contributed by atoms with Gasteiger partial charge in [0.2, 0.25) is 0 Å². The lowest BCUT2D eigenvalue weighted by atomic mass is 10.1. The average Bonchev–Trinajstić information content (AvgIpc) is 3.65. The lowest BCUT2D eigenvalue weighted by Gasteiger charge is -2.18. The van der Waals surface area contributed by atoms with Crippen molar-refractivity contribution in [3.05, 3.63) is 86.5 Å². The molecule has 2 N–H and O–H groups in total. The molecule has 0 heterocycles. The molecule has 0 atom stereocenters. The summed E-state index contributed by atoms with van der Waals surface area (Å²) in [5.74, 6) is 1.11. The molecule has 170 valence electrons. The Bertz CT molecular complexity index is 1310. The number of rotatable bonds is 8. The van der Waals surface area contributed by atoms with Crippen molar-refractivity contribution in [1.82, 2.24) is 5.32 Å². The maximum absolute atomic E-state index is 11.9. The molecule has 0 radical (unpaired) electrons. The van der Waals surface area contributed by atoms with Crippen LogP contribution in [0.4, 0.5) is 17.1 Å². The second kappa shape index (κ2) is 9.62. The SMILES string of the molecule is Cc1cc(C#N)cc(C)c1Oc1cc(Nc2ccc(C#N)cc2)c([N+](=O)[O-])cc1CNC1CC1. The van der Waals surface area contributed by atoms with Crippen LogP contribution in [-0.2, 0) is 6.54 Å². The molecule has 0 aromatic heterocycles. The zero-order valence-corrected chi connectivity index (χ0v) is 18.9. The highest BCUT2D eigenvalue weighted by atomic mass is 16.6. The van der Waals surface area contributed by atoms with E-state index >= 15 is 0 Å². The number of benzene rings is 3. The van der Waals surface area contributed by atoms with Gasteiger partial charge in [-0.1, -0.05) is 0 Å². The van der Waals surface area contributed by atoms with E-state index in [9.17, 15) is 15.4 Å². The molecule has 8 heteroatoms. The van der Waals surface area contributed by atoms with Gasteiger partial charge in [0.25, 0.3) is 5.69 Å². The molecule has 0 unspecified atom stereocenters. The Morgan fingerprint density at radius 3 is 2.24 bits per heavy atom. The predicted molar refractivity (Wildman–Crippen MR) is 128 cm³/mol. The summed E-state index contributed by atoms with van der Waals surface area (Å²) in [5.41, 5.74) is 4.15. The maximum atomic E-state index is 11.9. The zero-order chi connectivity index (χ0) is 24.2. The molecule has 0 amide bonds. The molecule has 1 aliphatic carbocycles. The molecule has 0 spiro atoms. The van der Waals surface area contributed by atoms with Crippen LogP contribution in [0, 0.1) is 46.6 Å². The monoisotopic (exact) mass is 453 g/mol. The van der Waals surface area contributed by atoms with Crippen LogP contribution >= 0.6 is 0 Å². The first-order valence-corrected chi connectivity index (χ1v) is 10.9. The Balaban J connectivity index is 1.75. The van der Waals surface area contributed by atoms with Crippen LogP contribution < -0.4 is 15.4 Å². The third-order valence-corrected chi connectivity index (χ3v) is 5.63. The summed E-state index contributed by atoms with van der Waals surface area (Å²) in [5, 5.41) is 36.6. The molecular formula is C26H23N5O3. The highest BCUT2D eigenvalue weighted by Gasteiger charge is 2.24. The van der Waals surface area contributed by atoms with Crippen LogP contribution in [0.15, 0.2) is 48.5 Å². The largest absolute Gasteiger partial charge is 0.456 e. The predicted octanol–water partition coefficient (Wildman–Crippen LogP) is 5.74. The van der Waals surface area contributed by atoms with Gasteiger partial charge in [-0.3, -0.25) is 10.1 Å². The Morgan fingerprint density at radius 1 is 1.03 bits per heavy atom. The molecular weight excluding hydrogens is 430 g/mol. The summed E-state index contributed by atoms with van der Waals surface area (Å²) >= 11 is 0. The van der Waals surface area contributed by atoms with Crippen LogP contribution in [-0.4, -0.2) is 11.0 Å². The van der Waals surface area contributed by atoms with Gasteiger partial charge in [-0.15, -0.1) is 0 Å². The van der Waals surface area contributed by atoms with Crippen molar-refractivity contribution in [3.8, 4) is 23.6 Å². The smallest absolute Gasteiger partial charge is 0.293 e. The van der Waals surface area contributed by atoms with Gasteiger partial charge in [0.1, 0.15) is 17.2 Å². The quantitative estimate of drug-likeness (QED) is 0.329. The Labute approximate surface area is 197 Å². The summed E-state index contributed by atoms with van der Waals surface area (Å²) in [6.07, 6.45) is 2.18. The number of nitrogens with zero attached hydrogens (tertiary/aromatic N) is 3. The Kier molecular flexibility index (Phi) is 6.44. The van der Waals surface area contributed by atoms with E-state index in [-0.39, 0.29) is 11.4 Å². The molecule has 0 aliphatic heterocycles. The molecule has 4 rings (SSSR count). The van der Waals surface area contributed by atoms with Gasteiger partial charge in [-0.2, -0.15) is 10.5 Å². The lowest BCUT2D eigenvalue weighted by molar-refractivity contribution is -0.384. The second-order valence-corrected chi connectivity index (χ2v) is 8.36. The molecule has 1 fully saturated rings. The van der Waals surface area contributed by atoms with Crippen molar-refractivity contribution in [2.75, 3.05) is 5.32 Å². The molecule has 8 nitrogen and oxygen atoms in total. The van der Waals surface area contributed by atoms with Crippen LogP contribution in [0.1, 0.15) is 40.7 Å². The number of nitrogens with one attached hydrogen (secondary N) is 2. The molecule has 3 aromatic carbocycles. The van der Waals surface area contributed by atoms with Gasteiger partial charge >= 0.3 is 0 Å². The summed E-state index contributed by atoms with van der Waals surface area (Å²) in [6.45, 7) is 4.17. The standard InChI is InChI=1S/C26H23N5O3/c1-16-9-19(14-28)10-17(2)26(16)34-25-12-23(30-22-5-3-18(13-27)4-6-22)24(31(32)33)11-20(25)15-29-21-7-8-21/h3-6,9-12,21,29-30H,7-8,15H2,1-2H3. The third kappa shape index (κ3) is 5.15. The number of nitro benzene ring substituents is 1. The number of anilines is 2. The minimum Gasteiger partial charge on any atom is -0.456 e. The summed E-state index contributed by atoms with van der Waals surface area (Å²) < 4.78 is 6.32. The van der Waals surface area contributed by atoms with Crippen molar-refractivity contribution < 1.29 is 9.66 Å². The van der Waals surface area contributed by atoms with Gasteiger partial charge in [0.05, 0.1) is 28.2 Å². The number of nitro groups is 1. The first-order chi connectivity index (χ1) is 16.4. The molecule has 0 bridgehead atoms. The fraction of sp³-hybridized carbons (Fsp3) is 0.231. The fourth-order valence-corrected chi connectivity index (χ4v) is 3.71. The second-order valence-electron chi connectivity index (χ2n) is 8.36. The summed E-state index contributed by atoms with van der Waals surface area (Å²) in [6, 6.07) is 18.0. The van der Waals surface area contributed by atoms with Crippen molar-refractivity contribution in [2.45, 2.75) is 39.3 Å². The minimum atomic E-state index is -0.422. The van der Waals surface area contributed by atoms with E-state index in [4.69, 9.17) is 10.00 Å². The normalized spacial score (nSPS) is 12.5. The number of nitriles is 2. The van der Waals surface area contributed by atoms with E-state index in [2.05, 4.69) is 22.8 Å². The van der Waals surface area contributed by atoms with E-state index < -0.39 is 4.92 Å². The Hall–Kier alpha value is -4.40. The van der Waals surface area contributed by atoms with E-state index in [0.717, 1.165) is 24.0 Å². The Morgan fingerprint density at radius 2 is 1.68 bits per heavy atom. The fourth-order valence-electron chi connectivity index (χ4n) is 3.71. The van der Waals surface area contributed by atoms with Crippen LogP contribution in [0.3, 0.4) is 0 Å². The van der Waals surface area contributed by atoms with E-state index in [1.807, 2.05) is 13.8 Å². The number of hydrogen-bond acceptors (Lipinski definition) is 7. The number of ether oxygens (including phenoxy) is 1. The van der Waals surface area contributed by atoms with Gasteiger partial charge in [-0.25, -0.2) is 0 Å². The first-order valence-electron chi connectivity index (χ1n) is 10.9. The van der Waals surface area contributed by atoms with Crippen LogP contribution in [0.5, 0.6) is 11.5 Å². The van der Waals surface area contributed by atoms with E-state index in [1.165, 1.54) is 6.07 Å². The summed E-state index contributed by atoms with van der Waals surface area (Å²) in [7, 11) is 0. The number of hydrogen-bond donors (Lipinski definition) is 2. The van der Waals surface area contributed by atoms with Gasteiger partial charge in [-0.05, 0) is 74.2 Å². The molecule has 0 saturated heterocycles. The van der Waals surface area contributed by atoms with Crippen LogP contribution in [0.2, 0.25) is 0 Å². The molecule has 1 saturated carbocycles. The number of aryl methyl sites for hydroxylation is 2.